The molecule has 1 aliphatic rings. The minimum absolute atomic E-state index is 0.0131. The summed E-state index contributed by atoms with van der Waals surface area (Å²) in [4.78, 5) is 16.9. The molecule has 0 bridgehead atoms. The molecule has 0 N–H and O–H groups in total. The molecule has 1 amide bonds. The summed E-state index contributed by atoms with van der Waals surface area (Å²) in [5.41, 5.74) is 1.14. The number of carbonyl (C=O) groups is 1. The van der Waals surface area contributed by atoms with Crippen LogP contribution in [0.4, 0.5) is 5.69 Å². The molecule has 0 radical (unpaired) electrons. The summed E-state index contributed by atoms with van der Waals surface area (Å²) < 4.78 is 12.8. The van der Waals surface area contributed by atoms with Gasteiger partial charge in [0, 0.05) is 36.3 Å². The molecule has 1 heterocycles. The predicted octanol–water partition coefficient (Wildman–Crippen LogP) is 4.34. The lowest BCUT2D eigenvalue weighted by atomic mass is 10.2. The highest BCUT2D eigenvalue weighted by Crippen LogP contribution is 2.29. The van der Waals surface area contributed by atoms with Crippen LogP contribution in [0.2, 0.25) is 0 Å². The van der Waals surface area contributed by atoms with E-state index < -0.39 is 6.10 Å². The number of ether oxygens (including phenoxy) is 2. The molecule has 0 aliphatic carbocycles. The second kappa shape index (κ2) is 8.97. The van der Waals surface area contributed by atoms with Crippen molar-refractivity contribution in [2.24, 2.45) is 0 Å². The van der Waals surface area contributed by atoms with Crippen LogP contribution in [0.5, 0.6) is 11.5 Å². The zero-order chi connectivity index (χ0) is 19.4. The number of halogens is 2. The van der Waals surface area contributed by atoms with Gasteiger partial charge in [-0.2, -0.15) is 0 Å². The van der Waals surface area contributed by atoms with Gasteiger partial charge in [0.15, 0.2) is 6.10 Å². The average Bonchev–Trinajstić information content (AvgIpc) is 2.69. The molecule has 2 aromatic rings. The Morgan fingerprint density at radius 3 is 2.30 bits per heavy atom. The van der Waals surface area contributed by atoms with E-state index in [4.69, 9.17) is 9.47 Å². The van der Waals surface area contributed by atoms with Crippen LogP contribution in [-0.4, -0.2) is 50.2 Å². The summed E-state index contributed by atoms with van der Waals surface area (Å²) in [5, 5.41) is 0. The molecule has 3 rings (SSSR count). The Labute approximate surface area is 176 Å². The van der Waals surface area contributed by atoms with Crippen molar-refractivity contribution >= 4 is 43.5 Å². The first-order chi connectivity index (χ1) is 13.0. The Bertz CT molecular complexity index is 790. The van der Waals surface area contributed by atoms with E-state index in [2.05, 4.69) is 36.8 Å². The smallest absolute Gasteiger partial charge is 0.263 e. The molecular formula is C20H22Br2N2O3. The van der Waals surface area contributed by atoms with E-state index in [1.54, 1.807) is 14.0 Å². The summed E-state index contributed by atoms with van der Waals surface area (Å²) >= 11 is 6.88. The molecule has 2 aromatic carbocycles. The van der Waals surface area contributed by atoms with E-state index in [0.717, 1.165) is 33.5 Å². The minimum atomic E-state index is -0.532. The van der Waals surface area contributed by atoms with Crippen LogP contribution >= 0.6 is 31.9 Å². The van der Waals surface area contributed by atoms with Crippen LogP contribution in [-0.2, 0) is 4.79 Å². The van der Waals surface area contributed by atoms with E-state index in [1.807, 2.05) is 47.4 Å². The summed E-state index contributed by atoms with van der Waals surface area (Å²) in [5.74, 6) is 1.52. The molecule has 0 unspecified atom stereocenters. The highest BCUT2D eigenvalue weighted by molar-refractivity contribution is 9.11. The maximum Gasteiger partial charge on any atom is 0.263 e. The van der Waals surface area contributed by atoms with Crippen LogP contribution in [0.25, 0.3) is 0 Å². The van der Waals surface area contributed by atoms with Gasteiger partial charge in [-0.1, -0.05) is 15.9 Å². The number of rotatable bonds is 5. The van der Waals surface area contributed by atoms with Gasteiger partial charge in [0.25, 0.3) is 5.91 Å². The Morgan fingerprint density at radius 1 is 1.04 bits per heavy atom. The monoisotopic (exact) mass is 496 g/mol. The number of piperazine rings is 1. The molecule has 144 valence electrons. The molecule has 0 saturated carbocycles. The second-order valence-electron chi connectivity index (χ2n) is 6.35. The minimum Gasteiger partial charge on any atom is -0.497 e. The van der Waals surface area contributed by atoms with E-state index in [9.17, 15) is 4.79 Å². The number of hydrogen-bond donors (Lipinski definition) is 0. The van der Waals surface area contributed by atoms with Crippen LogP contribution in [0.3, 0.4) is 0 Å². The highest BCUT2D eigenvalue weighted by Gasteiger charge is 2.26. The molecule has 7 heteroatoms. The lowest BCUT2D eigenvalue weighted by molar-refractivity contribution is -0.138. The maximum absolute atomic E-state index is 12.7. The number of hydrogen-bond acceptors (Lipinski definition) is 4. The number of methoxy groups -OCH3 is 1. The SMILES string of the molecule is COc1ccc(N2CCN(C(=O)[C@H](C)Oc3ccc(Br)cc3Br)CC2)cc1. The van der Waals surface area contributed by atoms with E-state index in [1.165, 1.54) is 0 Å². The highest BCUT2D eigenvalue weighted by atomic mass is 79.9. The van der Waals surface area contributed by atoms with Crippen molar-refractivity contribution in [1.82, 2.24) is 4.90 Å². The maximum atomic E-state index is 12.7. The molecular weight excluding hydrogens is 476 g/mol. The molecule has 1 fully saturated rings. The Morgan fingerprint density at radius 2 is 1.70 bits per heavy atom. The molecule has 1 aliphatic heterocycles. The third-order valence-electron chi connectivity index (χ3n) is 4.57. The lowest BCUT2D eigenvalue weighted by Crippen LogP contribution is -2.52. The molecule has 1 saturated heterocycles. The Balaban J connectivity index is 1.55. The van der Waals surface area contributed by atoms with Crippen molar-refractivity contribution in [3.05, 3.63) is 51.4 Å². The number of amides is 1. The van der Waals surface area contributed by atoms with Gasteiger partial charge in [-0.15, -0.1) is 0 Å². The standard InChI is InChI=1S/C20H22Br2N2O3/c1-14(27-19-8-3-15(21)13-18(19)22)20(25)24-11-9-23(10-12-24)16-4-6-17(26-2)7-5-16/h3-8,13-14H,9-12H2,1-2H3/t14-/m0/s1. The number of benzene rings is 2. The molecule has 0 aromatic heterocycles. The summed E-state index contributed by atoms with van der Waals surface area (Å²) in [6.07, 6.45) is -0.532. The zero-order valence-electron chi connectivity index (χ0n) is 15.3. The first kappa shape index (κ1) is 20.0. The molecule has 0 spiro atoms. The third-order valence-corrected chi connectivity index (χ3v) is 5.69. The Kier molecular flexibility index (Phi) is 6.65. The van der Waals surface area contributed by atoms with Crippen molar-refractivity contribution in [3.63, 3.8) is 0 Å². The number of anilines is 1. The van der Waals surface area contributed by atoms with Gasteiger partial charge >= 0.3 is 0 Å². The fraction of sp³-hybridized carbons (Fsp3) is 0.350. The van der Waals surface area contributed by atoms with Gasteiger partial charge in [-0.25, -0.2) is 0 Å². The van der Waals surface area contributed by atoms with E-state index in [0.29, 0.717) is 18.8 Å². The number of nitrogens with zero attached hydrogens (tertiary/aromatic N) is 2. The van der Waals surface area contributed by atoms with Crippen molar-refractivity contribution in [2.75, 3.05) is 38.2 Å². The van der Waals surface area contributed by atoms with E-state index >= 15 is 0 Å². The van der Waals surface area contributed by atoms with Crippen molar-refractivity contribution < 1.29 is 14.3 Å². The van der Waals surface area contributed by atoms with Gasteiger partial charge in [0.2, 0.25) is 0 Å². The van der Waals surface area contributed by atoms with Crippen molar-refractivity contribution in [1.29, 1.82) is 0 Å². The summed E-state index contributed by atoms with van der Waals surface area (Å²) in [6.45, 7) is 4.76. The fourth-order valence-corrected chi connectivity index (χ4v) is 4.19. The predicted molar refractivity (Wildman–Crippen MR) is 114 cm³/mol. The Hall–Kier alpha value is -1.73. The van der Waals surface area contributed by atoms with Gasteiger partial charge in [-0.3, -0.25) is 4.79 Å². The molecule has 5 nitrogen and oxygen atoms in total. The lowest BCUT2D eigenvalue weighted by Gasteiger charge is -2.37. The summed E-state index contributed by atoms with van der Waals surface area (Å²) in [6, 6.07) is 13.7. The van der Waals surface area contributed by atoms with Crippen molar-refractivity contribution in [3.8, 4) is 11.5 Å². The largest absolute Gasteiger partial charge is 0.497 e. The quantitative estimate of drug-likeness (QED) is 0.616. The first-order valence-corrected chi connectivity index (χ1v) is 10.4. The average molecular weight is 498 g/mol. The van der Waals surface area contributed by atoms with Crippen molar-refractivity contribution in [2.45, 2.75) is 13.0 Å². The topological polar surface area (TPSA) is 42.0 Å². The van der Waals surface area contributed by atoms with Gasteiger partial charge in [-0.05, 0) is 65.3 Å². The fourth-order valence-electron chi connectivity index (χ4n) is 3.05. The second-order valence-corrected chi connectivity index (χ2v) is 8.12. The van der Waals surface area contributed by atoms with Crippen LogP contribution < -0.4 is 14.4 Å². The molecule has 1 atom stereocenters. The normalized spacial score (nSPS) is 15.4. The van der Waals surface area contributed by atoms with Gasteiger partial charge in [0.05, 0.1) is 11.6 Å². The molecule has 27 heavy (non-hydrogen) atoms. The van der Waals surface area contributed by atoms with Crippen LogP contribution in [0.1, 0.15) is 6.92 Å². The zero-order valence-corrected chi connectivity index (χ0v) is 18.5. The van der Waals surface area contributed by atoms with E-state index in [-0.39, 0.29) is 5.91 Å². The van der Waals surface area contributed by atoms with Gasteiger partial charge in [0.1, 0.15) is 11.5 Å². The van der Waals surface area contributed by atoms with Crippen LogP contribution in [0.15, 0.2) is 51.4 Å². The third kappa shape index (κ3) is 4.96. The first-order valence-electron chi connectivity index (χ1n) is 8.77. The summed E-state index contributed by atoms with van der Waals surface area (Å²) in [7, 11) is 1.66. The number of carbonyl (C=O) groups excluding carboxylic acids is 1. The van der Waals surface area contributed by atoms with Gasteiger partial charge < -0.3 is 19.3 Å². The van der Waals surface area contributed by atoms with Crippen LogP contribution in [0, 0.1) is 0 Å².